The van der Waals surface area contributed by atoms with Gasteiger partial charge in [0.25, 0.3) is 0 Å². The van der Waals surface area contributed by atoms with Gasteiger partial charge < -0.3 is 9.64 Å². The second-order valence-electron chi connectivity index (χ2n) is 5.29. The molecule has 1 heterocycles. The normalized spacial score (nSPS) is 18.4. The number of carbonyl (C=O) groups excluding carboxylic acids is 2. The van der Waals surface area contributed by atoms with Gasteiger partial charge in [0.2, 0.25) is 5.91 Å². The summed E-state index contributed by atoms with van der Waals surface area (Å²) in [4.78, 5) is 25.6. The fourth-order valence-corrected chi connectivity index (χ4v) is 2.89. The topological polar surface area (TPSA) is 46.6 Å². The number of esters is 1. The zero-order valence-corrected chi connectivity index (χ0v) is 12.9. The van der Waals surface area contributed by atoms with Gasteiger partial charge in [0.15, 0.2) is 0 Å². The van der Waals surface area contributed by atoms with Gasteiger partial charge in [-0.25, -0.2) is 0 Å². The lowest BCUT2D eigenvalue weighted by Gasteiger charge is -2.31. The van der Waals surface area contributed by atoms with E-state index >= 15 is 0 Å². The zero-order valence-electron chi connectivity index (χ0n) is 12.2. The van der Waals surface area contributed by atoms with Crippen LogP contribution in [0.4, 0.5) is 0 Å². The molecule has 0 aliphatic carbocycles. The fourth-order valence-electron chi connectivity index (χ4n) is 2.66. The Labute approximate surface area is 130 Å². The molecule has 4 nitrogen and oxygen atoms in total. The van der Waals surface area contributed by atoms with Gasteiger partial charge in [-0.05, 0) is 30.9 Å². The van der Waals surface area contributed by atoms with E-state index in [1.807, 2.05) is 24.3 Å². The summed E-state index contributed by atoms with van der Waals surface area (Å²) in [6, 6.07) is 7.55. The number of hydrogen-bond acceptors (Lipinski definition) is 3. The first-order chi connectivity index (χ1) is 10.1. The van der Waals surface area contributed by atoms with Gasteiger partial charge in [-0.15, -0.1) is 0 Å². The molecular weight excluding hydrogens is 290 g/mol. The predicted octanol–water partition coefficient (Wildman–Crippen LogP) is 2.68. The Morgan fingerprint density at radius 2 is 2.14 bits per heavy atom. The van der Waals surface area contributed by atoms with E-state index in [1.165, 1.54) is 7.11 Å². The minimum atomic E-state index is -0.224. The highest BCUT2D eigenvalue weighted by molar-refractivity contribution is 6.31. The highest BCUT2D eigenvalue weighted by atomic mass is 35.5. The first kappa shape index (κ1) is 15.8. The molecule has 0 spiro atoms. The molecule has 0 N–H and O–H groups in total. The number of benzene rings is 1. The van der Waals surface area contributed by atoms with Gasteiger partial charge in [0, 0.05) is 24.5 Å². The largest absolute Gasteiger partial charge is 0.469 e. The lowest BCUT2D eigenvalue weighted by atomic mass is 9.97. The summed E-state index contributed by atoms with van der Waals surface area (Å²) in [5.74, 6) is -0.338. The van der Waals surface area contributed by atoms with Crippen molar-refractivity contribution < 1.29 is 14.3 Å². The number of amides is 1. The number of carbonyl (C=O) groups is 2. The number of nitrogens with zero attached hydrogens (tertiary/aromatic N) is 1. The van der Waals surface area contributed by atoms with E-state index in [1.54, 1.807) is 4.90 Å². The van der Waals surface area contributed by atoms with E-state index in [2.05, 4.69) is 0 Å². The van der Waals surface area contributed by atoms with E-state index in [-0.39, 0.29) is 17.8 Å². The van der Waals surface area contributed by atoms with E-state index in [4.69, 9.17) is 16.3 Å². The molecule has 1 aliphatic rings. The molecule has 0 radical (unpaired) electrons. The summed E-state index contributed by atoms with van der Waals surface area (Å²) in [6.07, 6.45) is 2.67. The molecule has 21 heavy (non-hydrogen) atoms. The van der Waals surface area contributed by atoms with Crippen molar-refractivity contribution in [2.24, 2.45) is 5.92 Å². The summed E-state index contributed by atoms with van der Waals surface area (Å²) < 4.78 is 4.77. The highest BCUT2D eigenvalue weighted by Gasteiger charge is 2.28. The standard InChI is InChI=1S/C16H20ClNO3/c1-21-16(20)13-6-4-10-18(11-13)15(19)9-8-12-5-2-3-7-14(12)17/h2-3,5,7,13H,4,6,8-11H2,1H3/t13-/m0/s1. The quantitative estimate of drug-likeness (QED) is 0.803. The number of hydrogen-bond donors (Lipinski definition) is 0. The van der Waals surface area contributed by atoms with Crippen LogP contribution in [0.5, 0.6) is 0 Å². The Morgan fingerprint density at radius 3 is 2.86 bits per heavy atom. The molecule has 1 amide bonds. The molecule has 1 aromatic rings. The van der Waals surface area contributed by atoms with Crippen LogP contribution in [0, 0.1) is 5.92 Å². The molecule has 1 aliphatic heterocycles. The van der Waals surface area contributed by atoms with Crippen molar-refractivity contribution in [3.63, 3.8) is 0 Å². The maximum atomic E-state index is 12.3. The Morgan fingerprint density at radius 1 is 1.38 bits per heavy atom. The monoisotopic (exact) mass is 309 g/mol. The molecule has 1 aromatic carbocycles. The van der Waals surface area contributed by atoms with E-state index in [0.717, 1.165) is 24.9 Å². The number of halogens is 1. The number of likely N-dealkylation sites (tertiary alicyclic amines) is 1. The Hall–Kier alpha value is -1.55. The zero-order chi connectivity index (χ0) is 15.2. The molecule has 1 fully saturated rings. The maximum Gasteiger partial charge on any atom is 0.310 e. The van der Waals surface area contributed by atoms with Crippen LogP contribution < -0.4 is 0 Å². The van der Waals surface area contributed by atoms with Crippen LogP contribution in [0.3, 0.4) is 0 Å². The number of piperidine rings is 1. The molecule has 1 atom stereocenters. The van der Waals surface area contributed by atoms with Crippen LogP contribution in [0.15, 0.2) is 24.3 Å². The summed E-state index contributed by atoms with van der Waals surface area (Å²) in [7, 11) is 1.39. The average molecular weight is 310 g/mol. The van der Waals surface area contributed by atoms with Crippen LogP contribution >= 0.6 is 11.6 Å². The van der Waals surface area contributed by atoms with Crippen LogP contribution in [-0.2, 0) is 20.7 Å². The SMILES string of the molecule is COC(=O)[C@H]1CCCN(C(=O)CCc2ccccc2Cl)C1. The molecule has 0 aromatic heterocycles. The summed E-state index contributed by atoms with van der Waals surface area (Å²) in [6.45, 7) is 1.18. The van der Waals surface area contributed by atoms with Crippen LogP contribution in [-0.4, -0.2) is 37.0 Å². The molecule has 2 rings (SSSR count). The third-order valence-corrected chi connectivity index (χ3v) is 4.24. The highest BCUT2D eigenvalue weighted by Crippen LogP contribution is 2.20. The van der Waals surface area contributed by atoms with Crippen LogP contribution in [0.2, 0.25) is 5.02 Å². The van der Waals surface area contributed by atoms with Gasteiger partial charge in [-0.3, -0.25) is 9.59 Å². The van der Waals surface area contributed by atoms with Crippen LogP contribution in [0.1, 0.15) is 24.8 Å². The van der Waals surface area contributed by atoms with Crippen molar-refractivity contribution in [3.05, 3.63) is 34.9 Å². The van der Waals surface area contributed by atoms with E-state index in [0.29, 0.717) is 24.4 Å². The van der Waals surface area contributed by atoms with Crippen molar-refractivity contribution in [2.45, 2.75) is 25.7 Å². The Bertz CT molecular complexity index is 518. The third kappa shape index (κ3) is 4.21. The lowest BCUT2D eigenvalue weighted by Crippen LogP contribution is -2.42. The lowest BCUT2D eigenvalue weighted by molar-refractivity contribution is -0.149. The molecule has 5 heteroatoms. The Balaban J connectivity index is 1.88. The van der Waals surface area contributed by atoms with Crippen molar-refractivity contribution in [3.8, 4) is 0 Å². The van der Waals surface area contributed by atoms with E-state index < -0.39 is 0 Å². The smallest absolute Gasteiger partial charge is 0.310 e. The molecule has 0 unspecified atom stereocenters. The molecular formula is C16H20ClNO3. The summed E-state index contributed by atoms with van der Waals surface area (Å²) >= 11 is 6.09. The number of aryl methyl sites for hydroxylation is 1. The third-order valence-electron chi connectivity index (χ3n) is 3.87. The number of methoxy groups -OCH3 is 1. The van der Waals surface area contributed by atoms with Crippen LogP contribution in [0.25, 0.3) is 0 Å². The van der Waals surface area contributed by atoms with Crippen molar-refractivity contribution in [2.75, 3.05) is 20.2 Å². The summed E-state index contributed by atoms with van der Waals surface area (Å²) in [5.41, 5.74) is 0.981. The average Bonchev–Trinajstić information content (AvgIpc) is 2.53. The predicted molar refractivity (Wildman–Crippen MR) is 81.1 cm³/mol. The van der Waals surface area contributed by atoms with Crippen molar-refractivity contribution in [1.82, 2.24) is 4.90 Å². The minimum absolute atomic E-state index is 0.0727. The number of ether oxygens (including phenoxy) is 1. The van der Waals surface area contributed by atoms with Gasteiger partial charge in [0.1, 0.15) is 0 Å². The van der Waals surface area contributed by atoms with E-state index in [9.17, 15) is 9.59 Å². The molecule has 0 saturated carbocycles. The van der Waals surface area contributed by atoms with Gasteiger partial charge >= 0.3 is 5.97 Å². The van der Waals surface area contributed by atoms with Crippen molar-refractivity contribution >= 4 is 23.5 Å². The molecule has 114 valence electrons. The fraction of sp³-hybridized carbons (Fsp3) is 0.500. The summed E-state index contributed by atoms with van der Waals surface area (Å²) in [5, 5.41) is 0.691. The molecule has 0 bridgehead atoms. The minimum Gasteiger partial charge on any atom is -0.469 e. The maximum absolute atomic E-state index is 12.3. The second kappa shape index (κ2) is 7.46. The second-order valence-corrected chi connectivity index (χ2v) is 5.70. The Kier molecular flexibility index (Phi) is 5.62. The van der Waals surface area contributed by atoms with Gasteiger partial charge in [0.05, 0.1) is 13.0 Å². The van der Waals surface area contributed by atoms with Gasteiger partial charge in [-0.1, -0.05) is 29.8 Å². The van der Waals surface area contributed by atoms with Crippen molar-refractivity contribution in [1.29, 1.82) is 0 Å². The first-order valence-corrected chi connectivity index (χ1v) is 7.58. The number of rotatable bonds is 4. The van der Waals surface area contributed by atoms with Gasteiger partial charge in [-0.2, -0.15) is 0 Å². The molecule has 1 saturated heterocycles. The first-order valence-electron chi connectivity index (χ1n) is 7.21.